The zero-order valence-electron chi connectivity index (χ0n) is 36.5. The molecule has 2 aromatic carbocycles. The maximum atomic E-state index is 13.0. The molecule has 63 heavy (non-hydrogen) atoms. The topological polar surface area (TPSA) is 170 Å². The largest absolute Gasteiger partial charge is 0.372 e. The van der Waals surface area contributed by atoms with Crippen LogP contribution in [0.4, 0.5) is 22.0 Å². The summed E-state index contributed by atoms with van der Waals surface area (Å²) in [5.41, 5.74) is 8.35. The van der Waals surface area contributed by atoms with Crippen LogP contribution < -0.4 is 25.3 Å². The van der Waals surface area contributed by atoms with Crippen LogP contribution in [0.5, 0.6) is 0 Å². The molecule has 9 rings (SSSR count). The smallest absolute Gasteiger partial charge is 0.328 e. The number of aryl methyl sites for hydroxylation is 1. The summed E-state index contributed by atoms with van der Waals surface area (Å²) in [6.07, 6.45) is 6.30. The highest BCUT2D eigenvalue weighted by Crippen LogP contribution is 2.32. The molecule has 2 N–H and O–H groups in total. The summed E-state index contributed by atoms with van der Waals surface area (Å²) in [6, 6.07) is 22.2. The van der Waals surface area contributed by atoms with Crippen molar-refractivity contribution < 1.29 is 18.9 Å². The second kappa shape index (κ2) is 17.2. The molecule has 4 amide bonds. The molecule has 3 fully saturated rings. The Labute approximate surface area is 366 Å². The van der Waals surface area contributed by atoms with Crippen molar-refractivity contribution in [2.45, 2.75) is 65.3 Å². The Morgan fingerprint density at radius 2 is 1.62 bits per heavy atom. The minimum absolute atomic E-state index is 0.0485. The van der Waals surface area contributed by atoms with Gasteiger partial charge in [-0.15, -0.1) is 10.2 Å². The van der Waals surface area contributed by atoms with Gasteiger partial charge in [-0.3, -0.25) is 29.1 Å². The van der Waals surface area contributed by atoms with Gasteiger partial charge in [0.25, 0.3) is 0 Å². The summed E-state index contributed by atoms with van der Waals surface area (Å²) >= 11 is 0. The number of aromatic nitrogens is 6. The Bertz CT molecular complexity index is 2620. The van der Waals surface area contributed by atoms with Gasteiger partial charge in [0.15, 0.2) is 11.5 Å². The number of amides is 4. The van der Waals surface area contributed by atoms with Crippen molar-refractivity contribution in [3.63, 3.8) is 0 Å². The molecule has 3 aliphatic heterocycles. The maximum absolute atomic E-state index is 13.0. The van der Waals surface area contributed by atoms with E-state index in [4.69, 9.17) is 9.51 Å². The van der Waals surface area contributed by atoms with E-state index in [1.807, 2.05) is 69.5 Å². The molecule has 0 bridgehead atoms. The summed E-state index contributed by atoms with van der Waals surface area (Å²) in [5.74, 6) is 1.45. The Morgan fingerprint density at radius 3 is 2.30 bits per heavy atom. The fourth-order valence-electron chi connectivity index (χ4n) is 8.89. The third kappa shape index (κ3) is 8.98. The Hall–Kier alpha value is -6.68. The number of urea groups is 1. The fourth-order valence-corrected chi connectivity index (χ4v) is 8.89. The molecule has 4 aromatic heterocycles. The van der Waals surface area contributed by atoms with Crippen molar-refractivity contribution in [2.75, 3.05) is 67.1 Å². The number of piperidine rings is 1. The number of anilines is 3. The Balaban J connectivity index is 0.785. The lowest BCUT2D eigenvalue weighted by Crippen LogP contribution is -2.49. The Kier molecular flexibility index (Phi) is 11.4. The first-order valence-corrected chi connectivity index (χ1v) is 21.9. The number of benzene rings is 2. The molecule has 16 nitrogen and oxygen atoms in total. The third-order valence-electron chi connectivity index (χ3n) is 12.6. The lowest BCUT2D eigenvalue weighted by Gasteiger charge is -2.39. The minimum Gasteiger partial charge on any atom is -0.372 e. The van der Waals surface area contributed by atoms with Crippen molar-refractivity contribution in [2.24, 2.45) is 5.92 Å². The molecule has 3 saturated heterocycles. The van der Waals surface area contributed by atoms with E-state index in [2.05, 4.69) is 88.1 Å². The molecule has 1 atom stereocenters. The normalized spacial score (nSPS) is 17.3. The van der Waals surface area contributed by atoms with Gasteiger partial charge in [0.2, 0.25) is 5.91 Å². The maximum Gasteiger partial charge on any atom is 0.328 e. The lowest BCUT2D eigenvalue weighted by atomic mass is 9.95. The second-order valence-corrected chi connectivity index (χ2v) is 18.0. The molecule has 0 saturated carbocycles. The summed E-state index contributed by atoms with van der Waals surface area (Å²) in [5, 5.41) is 18.0. The molecule has 7 heterocycles. The van der Waals surface area contributed by atoms with Gasteiger partial charge in [-0.25, -0.2) is 9.78 Å². The van der Waals surface area contributed by atoms with Crippen LogP contribution in [0.1, 0.15) is 80.6 Å². The van der Waals surface area contributed by atoms with E-state index < -0.39 is 5.91 Å². The highest BCUT2D eigenvalue weighted by atomic mass is 16.5. The highest BCUT2D eigenvalue weighted by Gasteiger charge is 2.28. The molecular formula is C47H54N12O4. The number of piperazine rings is 1. The van der Waals surface area contributed by atoms with E-state index in [0.29, 0.717) is 24.7 Å². The molecular weight excluding hydrogens is 797 g/mol. The van der Waals surface area contributed by atoms with Crippen LogP contribution in [0.2, 0.25) is 0 Å². The van der Waals surface area contributed by atoms with Crippen molar-refractivity contribution >= 4 is 40.7 Å². The predicted molar refractivity (Wildman–Crippen MR) is 241 cm³/mol. The van der Waals surface area contributed by atoms with Gasteiger partial charge in [0.1, 0.15) is 12.1 Å². The number of nitrogens with zero attached hydrogens (tertiary/aromatic N) is 10. The summed E-state index contributed by atoms with van der Waals surface area (Å²) in [7, 11) is 0. The quantitative estimate of drug-likeness (QED) is 0.155. The number of carbonyl (C=O) groups is 3. The van der Waals surface area contributed by atoms with Gasteiger partial charge < -0.3 is 19.6 Å². The van der Waals surface area contributed by atoms with Crippen LogP contribution in [-0.2, 0) is 10.2 Å². The van der Waals surface area contributed by atoms with Gasteiger partial charge >= 0.3 is 17.8 Å². The first-order chi connectivity index (χ1) is 30.4. The van der Waals surface area contributed by atoms with Crippen LogP contribution in [0.25, 0.3) is 28.0 Å². The monoisotopic (exact) mass is 850 g/mol. The molecule has 0 unspecified atom stereocenters. The summed E-state index contributed by atoms with van der Waals surface area (Å²) < 4.78 is 7.25. The van der Waals surface area contributed by atoms with Gasteiger partial charge in [-0.1, -0.05) is 38.1 Å². The number of hydrogen-bond donors (Lipinski definition) is 2. The van der Waals surface area contributed by atoms with Gasteiger partial charge in [0, 0.05) is 87.3 Å². The second-order valence-electron chi connectivity index (χ2n) is 18.0. The van der Waals surface area contributed by atoms with E-state index in [-0.39, 0.29) is 29.3 Å². The van der Waals surface area contributed by atoms with Gasteiger partial charge in [0.05, 0.1) is 11.7 Å². The molecule has 3 aliphatic rings. The van der Waals surface area contributed by atoms with Crippen LogP contribution in [0.3, 0.4) is 0 Å². The van der Waals surface area contributed by atoms with E-state index in [0.717, 1.165) is 109 Å². The van der Waals surface area contributed by atoms with Crippen molar-refractivity contribution in [3.05, 3.63) is 102 Å². The fraction of sp³-hybridized carbons (Fsp3) is 0.404. The first kappa shape index (κ1) is 41.7. The van der Waals surface area contributed by atoms with Crippen LogP contribution in [0.15, 0.2) is 83.8 Å². The van der Waals surface area contributed by atoms with Crippen LogP contribution >= 0.6 is 0 Å². The third-order valence-corrected chi connectivity index (χ3v) is 12.6. The molecule has 326 valence electrons. The van der Waals surface area contributed by atoms with E-state index in [9.17, 15) is 14.4 Å². The van der Waals surface area contributed by atoms with Crippen molar-refractivity contribution in [1.29, 1.82) is 0 Å². The van der Waals surface area contributed by atoms with Crippen molar-refractivity contribution in [3.8, 4) is 22.4 Å². The van der Waals surface area contributed by atoms with E-state index in [1.54, 1.807) is 11.2 Å². The predicted octanol–water partition coefficient (Wildman–Crippen LogP) is 6.42. The average molecular weight is 851 g/mol. The van der Waals surface area contributed by atoms with Crippen LogP contribution in [0, 0.1) is 12.8 Å². The standard InChI is InChI=1S/C47H54N12O4/c1-30-24-33(6-12-38(30)31(2)50-43(61)44-52-45(54-63-44)47(3,4)5)39-25-35(26-41-53-49-29-59(39)41)34-7-13-40(48-27-34)57-22-20-55(21-23-57)28-32-14-17-56(18-15-32)36-8-10-37(11-9-36)58-19-16-42(60)51-46(58)62/h6-13,24-27,29,31-32H,14-23,28H2,1-5H3,(H,50,61)(H,51,60,62)/t31-/m1/s1. The van der Waals surface area contributed by atoms with Gasteiger partial charge in [-0.2, -0.15) is 4.98 Å². The number of nitrogens with one attached hydrogen (secondary N) is 2. The molecule has 0 spiro atoms. The molecule has 0 radical (unpaired) electrons. The number of fused-ring (bicyclic) bond motifs is 1. The zero-order valence-corrected chi connectivity index (χ0v) is 36.5. The molecule has 0 aliphatic carbocycles. The van der Waals surface area contributed by atoms with Crippen molar-refractivity contribution in [1.82, 2.24) is 45.3 Å². The SMILES string of the molecule is Cc1cc(-c2cc(-c3ccc(N4CCN(CC5CCN(c6ccc(N7CCC(=O)NC7=O)cc6)CC5)CC4)nc3)cc3nncn23)ccc1[C@@H](C)NC(=O)c1nc(C(C)(C)C)no1. The summed E-state index contributed by atoms with van der Waals surface area (Å²) in [6.45, 7) is 17.3. The van der Waals surface area contributed by atoms with Crippen LogP contribution in [-0.4, -0.2) is 105 Å². The Morgan fingerprint density at radius 1 is 0.873 bits per heavy atom. The molecule has 6 aromatic rings. The number of rotatable bonds is 10. The molecule has 16 heteroatoms. The number of carbonyl (C=O) groups excluding carboxylic acids is 3. The average Bonchev–Trinajstić information content (AvgIpc) is 3.99. The first-order valence-electron chi connectivity index (χ1n) is 21.9. The minimum atomic E-state index is -0.409. The number of hydrogen-bond acceptors (Lipinski definition) is 12. The lowest BCUT2D eigenvalue weighted by molar-refractivity contribution is -0.120. The zero-order chi connectivity index (χ0) is 43.8. The highest BCUT2D eigenvalue weighted by molar-refractivity contribution is 6.05. The van der Waals surface area contributed by atoms with E-state index in [1.165, 1.54) is 5.69 Å². The van der Waals surface area contributed by atoms with E-state index >= 15 is 0 Å². The summed E-state index contributed by atoms with van der Waals surface area (Å²) in [4.78, 5) is 55.1. The number of pyridine rings is 2. The number of imide groups is 1. The van der Waals surface area contributed by atoms with Gasteiger partial charge in [-0.05, 0) is 109 Å².